The first-order valence-electron chi connectivity index (χ1n) is 9.44. The monoisotopic (exact) mass is 457 g/mol. The average Bonchev–Trinajstić information content (AvgIpc) is 2.67. The molecule has 2 aromatic heterocycles. The standard InChI is InChI=1S/C17H23N5O3.CH4O4S/c1-17(2,3)25-16(24)22-10-8-21(9-11-22)15-18-13-12(14(23)19-15)6-5-7-20(13)4;1-5-6(2,3)4/h5-7H,8-11H2,1-4H3;1H3,(H,2,3,4). The minimum absolute atomic E-state index is 0.161. The lowest BCUT2D eigenvalue weighted by Crippen LogP contribution is -2.50. The predicted octanol–water partition coefficient (Wildman–Crippen LogP) is -0.102. The zero-order chi connectivity index (χ0) is 23.4. The zero-order valence-electron chi connectivity index (χ0n) is 18.1. The normalized spacial score (nSPS) is 14.8. The van der Waals surface area contributed by atoms with Crippen LogP contribution in [0.5, 0.6) is 0 Å². The molecular formula is C18H27N5O7S. The maximum atomic E-state index is 12.3. The number of H-pyrrole nitrogens is 1. The number of pyridine rings is 1. The molecule has 1 saturated heterocycles. The van der Waals surface area contributed by atoms with E-state index < -0.39 is 16.0 Å². The number of nitrogens with one attached hydrogen (secondary N) is 1. The summed E-state index contributed by atoms with van der Waals surface area (Å²) in [4.78, 5) is 35.5. The van der Waals surface area contributed by atoms with Crippen molar-refractivity contribution in [3.05, 3.63) is 28.7 Å². The molecule has 0 aromatic carbocycles. The number of aromatic amines is 1. The lowest BCUT2D eigenvalue weighted by molar-refractivity contribution is -0.646. The van der Waals surface area contributed by atoms with Gasteiger partial charge in [-0.05, 0) is 37.9 Å². The summed E-state index contributed by atoms with van der Waals surface area (Å²) in [5, 5.41) is 0.557. The van der Waals surface area contributed by atoms with E-state index >= 15 is 0 Å². The number of aromatic nitrogens is 3. The number of piperazine rings is 1. The molecule has 1 fully saturated rings. The van der Waals surface area contributed by atoms with Crippen LogP contribution in [0.25, 0.3) is 11.0 Å². The highest BCUT2D eigenvalue weighted by atomic mass is 32.3. The van der Waals surface area contributed by atoms with Gasteiger partial charge in [0.15, 0.2) is 0 Å². The van der Waals surface area contributed by atoms with Crippen LogP contribution in [-0.4, -0.2) is 72.8 Å². The lowest BCUT2D eigenvalue weighted by atomic mass is 10.2. The molecule has 3 heterocycles. The van der Waals surface area contributed by atoms with Crippen molar-refractivity contribution in [1.29, 1.82) is 0 Å². The Hall–Kier alpha value is -2.77. The molecule has 0 saturated carbocycles. The molecule has 1 amide bonds. The molecule has 0 unspecified atom stereocenters. The van der Waals surface area contributed by atoms with Gasteiger partial charge >= 0.3 is 17.7 Å². The Balaban J connectivity index is 0.000000501. The van der Waals surface area contributed by atoms with Gasteiger partial charge < -0.3 is 19.1 Å². The molecule has 1 aliphatic heterocycles. The van der Waals surface area contributed by atoms with E-state index in [9.17, 15) is 22.6 Å². The first kappa shape index (κ1) is 24.5. The van der Waals surface area contributed by atoms with E-state index in [0.29, 0.717) is 43.2 Å². The number of nitrogens with zero attached hydrogens (tertiary/aromatic N) is 4. The van der Waals surface area contributed by atoms with Gasteiger partial charge in [0.05, 0.1) is 20.4 Å². The minimum Gasteiger partial charge on any atom is -0.726 e. The topological polar surface area (TPSA) is 149 Å². The second-order valence-corrected chi connectivity index (χ2v) is 8.93. The molecule has 3 rings (SSSR count). The van der Waals surface area contributed by atoms with Crippen LogP contribution in [0.15, 0.2) is 23.1 Å². The quantitative estimate of drug-likeness (QED) is 0.370. The van der Waals surface area contributed by atoms with Gasteiger partial charge in [-0.1, -0.05) is 0 Å². The van der Waals surface area contributed by atoms with Crippen LogP contribution in [0.2, 0.25) is 0 Å². The summed E-state index contributed by atoms with van der Waals surface area (Å²) in [6.07, 6.45) is 1.55. The Morgan fingerprint density at radius 2 is 1.84 bits per heavy atom. The van der Waals surface area contributed by atoms with Gasteiger partial charge in [-0.15, -0.1) is 0 Å². The third kappa shape index (κ3) is 7.15. The van der Waals surface area contributed by atoms with Crippen LogP contribution >= 0.6 is 0 Å². The Labute approximate surface area is 180 Å². The molecule has 0 spiro atoms. The SMILES string of the molecule is COS(=O)(=O)[O-].C[n+]1cccc2c(=O)[nH]c(N3CCN(C(=O)OC(C)(C)C)CC3)nc21. The fraction of sp³-hybridized carbons (Fsp3) is 0.556. The summed E-state index contributed by atoms with van der Waals surface area (Å²) in [5.41, 5.74) is -0.0321. The highest BCUT2D eigenvalue weighted by Gasteiger charge is 2.28. The third-order valence-electron chi connectivity index (χ3n) is 4.26. The Kier molecular flexibility index (Phi) is 7.57. The number of carbonyl (C=O) groups excluding carboxylic acids is 1. The zero-order valence-corrected chi connectivity index (χ0v) is 18.9. The predicted molar refractivity (Wildman–Crippen MR) is 110 cm³/mol. The van der Waals surface area contributed by atoms with Crippen molar-refractivity contribution in [2.45, 2.75) is 26.4 Å². The summed E-state index contributed by atoms with van der Waals surface area (Å²) in [7, 11) is -1.74. The van der Waals surface area contributed by atoms with Crippen molar-refractivity contribution in [1.82, 2.24) is 14.9 Å². The molecule has 13 heteroatoms. The van der Waals surface area contributed by atoms with Gasteiger partial charge in [-0.2, -0.15) is 0 Å². The Bertz CT molecular complexity index is 1090. The Morgan fingerprint density at radius 3 is 2.35 bits per heavy atom. The molecule has 0 bridgehead atoms. The van der Waals surface area contributed by atoms with E-state index in [2.05, 4.69) is 14.2 Å². The van der Waals surface area contributed by atoms with E-state index in [4.69, 9.17) is 4.74 Å². The van der Waals surface area contributed by atoms with E-state index in [-0.39, 0.29) is 11.7 Å². The van der Waals surface area contributed by atoms with Crippen molar-refractivity contribution < 1.29 is 31.3 Å². The first-order valence-corrected chi connectivity index (χ1v) is 10.8. The number of carbonyl (C=O) groups is 1. The second kappa shape index (κ2) is 9.58. The number of amides is 1. The fourth-order valence-corrected chi connectivity index (χ4v) is 2.79. The van der Waals surface area contributed by atoms with Crippen LogP contribution in [0.3, 0.4) is 0 Å². The van der Waals surface area contributed by atoms with Gasteiger partial charge in [-0.25, -0.2) is 17.8 Å². The summed E-state index contributed by atoms with van der Waals surface area (Å²) in [6.45, 7) is 7.78. The summed E-state index contributed by atoms with van der Waals surface area (Å²) in [6, 6.07) is 3.57. The highest BCUT2D eigenvalue weighted by Crippen LogP contribution is 2.15. The van der Waals surface area contributed by atoms with Crippen molar-refractivity contribution in [3.63, 3.8) is 0 Å². The number of aryl methyl sites for hydroxylation is 1. The van der Waals surface area contributed by atoms with Gasteiger partial charge in [0.1, 0.15) is 11.0 Å². The third-order valence-corrected chi connectivity index (χ3v) is 4.67. The number of rotatable bonds is 2. The molecule has 1 aliphatic rings. The number of ether oxygens (including phenoxy) is 1. The van der Waals surface area contributed by atoms with Gasteiger partial charge in [0.25, 0.3) is 5.56 Å². The lowest BCUT2D eigenvalue weighted by Gasteiger charge is -2.34. The summed E-state index contributed by atoms with van der Waals surface area (Å²) in [5.74, 6) is 0.531. The van der Waals surface area contributed by atoms with Crippen LogP contribution < -0.4 is 15.0 Å². The number of hydrogen-bond acceptors (Lipinski definition) is 9. The van der Waals surface area contributed by atoms with Crippen molar-refractivity contribution in [3.8, 4) is 0 Å². The highest BCUT2D eigenvalue weighted by molar-refractivity contribution is 7.80. The number of hydrogen-bond donors (Lipinski definition) is 1. The minimum atomic E-state index is -4.41. The molecule has 2 aromatic rings. The van der Waals surface area contributed by atoms with Crippen LogP contribution in [0, 0.1) is 0 Å². The van der Waals surface area contributed by atoms with Crippen molar-refractivity contribution in [2.75, 3.05) is 38.2 Å². The summed E-state index contributed by atoms with van der Waals surface area (Å²) < 4.78 is 38.2. The maximum absolute atomic E-state index is 12.3. The van der Waals surface area contributed by atoms with E-state index in [0.717, 1.165) is 7.11 Å². The molecule has 0 radical (unpaired) electrons. The second-order valence-electron chi connectivity index (χ2n) is 7.78. The molecule has 12 nitrogen and oxygen atoms in total. The van der Waals surface area contributed by atoms with Crippen LogP contribution in [0.4, 0.5) is 10.7 Å². The number of fused-ring (bicyclic) bond motifs is 1. The van der Waals surface area contributed by atoms with E-state index in [1.54, 1.807) is 11.0 Å². The Morgan fingerprint density at radius 1 is 1.26 bits per heavy atom. The fourth-order valence-electron chi connectivity index (χ4n) is 2.79. The number of anilines is 1. The maximum Gasteiger partial charge on any atom is 0.410 e. The van der Waals surface area contributed by atoms with E-state index in [1.165, 1.54) is 0 Å². The molecular weight excluding hydrogens is 430 g/mol. The molecule has 1 N–H and O–H groups in total. The summed E-state index contributed by atoms with van der Waals surface area (Å²) >= 11 is 0. The van der Waals surface area contributed by atoms with Crippen LogP contribution in [-0.2, 0) is 26.4 Å². The van der Waals surface area contributed by atoms with Gasteiger partial charge in [-0.3, -0.25) is 14.0 Å². The average molecular weight is 458 g/mol. The van der Waals surface area contributed by atoms with Crippen molar-refractivity contribution in [2.24, 2.45) is 7.05 Å². The van der Waals surface area contributed by atoms with Crippen molar-refractivity contribution >= 4 is 33.5 Å². The van der Waals surface area contributed by atoms with E-state index in [1.807, 2.05) is 49.5 Å². The molecule has 172 valence electrons. The molecule has 31 heavy (non-hydrogen) atoms. The van der Waals surface area contributed by atoms with Gasteiger partial charge in [0, 0.05) is 26.2 Å². The largest absolute Gasteiger partial charge is 0.726 e. The molecule has 0 aliphatic carbocycles. The molecule has 0 atom stereocenters. The van der Waals surface area contributed by atoms with Crippen LogP contribution in [0.1, 0.15) is 20.8 Å². The first-order chi connectivity index (χ1) is 14.3. The smallest absolute Gasteiger partial charge is 0.410 e. The van der Waals surface area contributed by atoms with Gasteiger partial charge in [0.2, 0.25) is 10.4 Å².